The second kappa shape index (κ2) is 10.7. The predicted octanol–water partition coefficient (Wildman–Crippen LogP) is 6.40. The van der Waals surface area contributed by atoms with Crippen LogP contribution in [0, 0.1) is 0 Å². The van der Waals surface area contributed by atoms with Crippen molar-refractivity contribution in [2.45, 2.75) is 51.4 Å². The first-order valence-corrected chi connectivity index (χ1v) is 13.8. The zero-order valence-electron chi connectivity index (χ0n) is 22.8. The third-order valence-electron chi connectivity index (χ3n) is 8.27. The molecule has 36 heavy (non-hydrogen) atoms. The average Bonchev–Trinajstić information content (AvgIpc) is 3.42. The van der Waals surface area contributed by atoms with Gasteiger partial charge in [-0.2, -0.15) is 0 Å². The van der Waals surface area contributed by atoms with E-state index in [-0.39, 0.29) is 0 Å². The average molecular weight is 486 g/mol. The molecule has 4 aromatic rings. The number of anilines is 2. The lowest BCUT2D eigenvalue weighted by atomic mass is 9.90. The number of rotatable bonds is 9. The zero-order chi connectivity index (χ0) is 25.2. The van der Waals surface area contributed by atoms with Crippen LogP contribution >= 0.6 is 0 Å². The molecule has 5 nitrogen and oxygen atoms in total. The van der Waals surface area contributed by atoms with E-state index in [9.17, 15) is 0 Å². The topological polar surface area (TPSA) is 37.2 Å². The highest BCUT2D eigenvalue weighted by Crippen LogP contribution is 2.37. The SMILES string of the molecule is CCCNCCC(C)c1cn(C)c2ccc(N(C)c3ccc4c(C5CCNCC5)cn(C)c4c3)cc12. The minimum Gasteiger partial charge on any atom is -0.350 e. The van der Waals surface area contributed by atoms with Crippen LogP contribution in [0.3, 0.4) is 0 Å². The van der Waals surface area contributed by atoms with Crippen LogP contribution in [-0.2, 0) is 14.1 Å². The highest BCUT2D eigenvalue weighted by Gasteiger charge is 2.20. The molecule has 5 rings (SSSR count). The number of benzene rings is 2. The van der Waals surface area contributed by atoms with Gasteiger partial charge in [-0.05, 0) is 105 Å². The van der Waals surface area contributed by atoms with E-state index >= 15 is 0 Å². The lowest BCUT2D eigenvalue weighted by molar-refractivity contribution is 0.462. The maximum Gasteiger partial charge on any atom is 0.0501 e. The maximum atomic E-state index is 3.56. The number of fused-ring (bicyclic) bond motifs is 2. The van der Waals surface area contributed by atoms with Crippen molar-refractivity contribution in [2.24, 2.45) is 14.1 Å². The minimum atomic E-state index is 0.520. The molecule has 0 spiro atoms. The molecule has 2 N–H and O–H groups in total. The summed E-state index contributed by atoms with van der Waals surface area (Å²) >= 11 is 0. The van der Waals surface area contributed by atoms with Gasteiger partial charge in [0.25, 0.3) is 0 Å². The molecule has 2 aromatic carbocycles. The predicted molar refractivity (Wildman–Crippen MR) is 155 cm³/mol. The van der Waals surface area contributed by atoms with Gasteiger partial charge in [-0.25, -0.2) is 0 Å². The summed E-state index contributed by atoms with van der Waals surface area (Å²) in [6, 6.07) is 13.9. The maximum absolute atomic E-state index is 3.56. The summed E-state index contributed by atoms with van der Waals surface area (Å²) in [7, 11) is 6.55. The molecule has 1 atom stereocenters. The second-order valence-corrected chi connectivity index (χ2v) is 10.8. The van der Waals surface area contributed by atoms with Crippen molar-refractivity contribution < 1.29 is 0 Å². The third-order valence-corrected chi connectivity index (χ3v) is 8.27. The van der Waals surface area contributed by atoms with Gasteiger partial charge in [0, 0.05) is 61.2 Å². The molecule has 1 saturated heterocycles. The molecule has 192 valence electrons. The Labute approximate surface area is 216 Å². The number of piperidine rings is 1. The largest absolute Gasteiger partial charge is 0.350 e. The first kappa shape index (κ1) is 24.9. The van der Waals surface area contributed by atoms with E-state index in [4.69, 9.17) is 0 Å². The molecule has 3 heterocycles. The number of hydrogen-bond donors (Lipinski definition) is 2. The quantitative estimate of drug-likeness (QED) is 0.269. The molecule has 0 saturated carbocycles. The van der Waals surface area contributed by atoms with E-state index in [1.54, 1.807) is 0 Å². The normalized spacial score (nSPS) is 15.7. The van der Waals surface area contributed by atoms with Crippen molar-refractivity contribution in [2.75, 3.05) is 38.1 Å². The number of aromatic nitrogens is 2. The fourth-order valence-corrected chi connectivity index (χ4v) is 6.01. The second-order valence-electron chi connectivity index (χ2n) is 10.8. The van der Waals surface area contributed by atoms with Gasteiger partial charge in [0.2, 0.25) is 0 Å². The fraction of sp³-hybridized carbons (Fsp3) is 0.484. The van der Waals surface area contributed by atoms with Crippen molar-refractivity contribution in [1.29, 1.82) is 0 Å². The van der Waals surface area contributed by atoms with Gasteiger partial charge in [0.1, 0.15) is 0 Å². The van der Waals surface area contributed by atoms with E-state index in [0.29, 0.717) is 11.8 Å². The highest BCUT2D eigenvalue weighted by atomic mass is 15.1. The molecule has 0 amide bonds. The molecular formula is C31H43N5. The number of nitrogens with zero attached hydrogens (tertiary/aromatic N) is 3. The summed E-state index contributed by atoms with van der Waals surface area (Å²) in [5.41, 5.74) is 8.06. The first-order chi connectivity index (χ1) is 17.5. The molecule has 0 bridgehead atoms. The van der Waals surface area contributed by atoms with Crippen LogP contribution in [0.15, 0.2) is 48.8 Å². The molecule has 5 heteroatoms. The van der Waals surface area contributed by atoms with Crippen LogP contribution in [0.2, 0.25) is 0 Å². The Bertz CT molecular complexity index is 1320. The molecular weight excluding hydrogens is 442 g/mol. The van der Waals surface area contributed by atoms with Crippen LogP contribution < -0.4 is 15.5 Å². The lowest BCUT2D eigenvalue weighted by Crippen LogP contribution is -2.26. The smallest absolute Gasteiger partial charge is 0.0501 e. The Morgan fingerprint density at radius 3 is 2.44 bits per heavy atom. The van der Waals surface area contributed by atoms with Crippen LogP contribution in [0.5, 0.6) is 0 Å². The van der Waals surface area contributed by atoms with E-state index < -0.39 is 0 Å². The summed E-state index contributed by atoms with van der Waals surface area (Å²) < 4.78 is 4.60. The molecule has 1 fully saturated rings. The van der Waals surface area contributed by atoms with Crippen LogP contribution in [0.1, 0.15) is 62.5 Å². The Hall–Kier alpha value is -2.76. The summed E-state index contributed by atoms with van der Waals surface area (Å²) in [5.74, 6) is 1.18. The van der Waals surface area contributed by atoms with Crippen molar-refractivity contribution in [3.63, 3.8) is 0 Å². The monoisotopic (exact) mass is 485 g/mol. The van der Waals surface area contributed by atoms with E-state index in [2.05, 4.69) is 108 Å². The van der Waals surface area contributed by atoms with Crippen molar-refractivity contribution in [3.8, 4) is 0 Å². The van der Waals surface area contributed by atoms with Crippen molar-refractivity contribution >= 4 is 33.2 Å². The fourth-order valence-electron chi connectivity index (χ4n) is 6.01. The standard InChI is InChI=1S/C31H43N5/c1-6-14-32-15-11-22(2)28-20-34(3)30-10-8-24(18-27(28)30)36(5)25-7-9-26-29(21-35(4)31(26)19-25)23-12-16-33-17-13-23/h7-10,18-23,32-33H,6,11-17H2,1-5H3. The van der Waals surface area contributed by atoms with E-state index in [0.717, 1.165) is 32.6 Å². The van der Waals surface area contributed by atoms with Crippen LogP contribution in [0.25, 0.3) is 21.8 Å². The first-order valence-electron chi connectivity index (χ1n) is 13.8. The molecule has 1 unspecified atom stereocenters. The van der Waals surface area contributed by atoms with Gasteiger partial charge < -0.3 is 24.7 Å². The number of aryl methyl sites for hydroxylation is 2. The van der Waals surface area contributed by atoms with Gasteiger partial charge in [0.05, 0.1) is 5.52 Å². The van der Waals surface area contributed by atoms with Crippen molar-refractivity contribution in [3.05, 3.63) is 59.9 Å². The van der Waals surface area contributed by atoms with Gasteiger partial charge in [-0.15, -0.1) is 0 Å². The molecule has 2 aromatic heterocycles. The zero-order valence-corrected chi connectivity index (χ0v) is 22.8. The summed E-state index contributed by atoms with van der Waals surface area (Å²) in [6.45, 7) is 9.01. The third kappa shape index (κ3) is 4.79. The molecule has 1 aliphatic rings. The van der Waals surface area contributed by atoms with E-state index in [1.807, 2.05) is 0 Å². The highest BCUT2D eigenvalue weighted by molar-refractivity contribution is 5.91. The summed E-state index contributed by atoms with van der Waals surface area (Å²) in [5, 5.41) is 9.85. The summed E-state index contributed by atoms with van der Waals surface area (Å²) in [6.07, 6.45) is 9.50. The lowest BCUT2D eigenvalue weighted by Gasteiger charge is -2.23. The Balaban J connectivity index is 1.43. The van der Waals surface area contributed by atoms with Crippen molar-refractivity contribution in [1.82, 2.24) is 19.8 Å². The van der Waals surface area contributed by atoms with Gasteiger partial charge >= 0.3 is 0 Å². The Morgan fingerprint density at radius 2 is 1.67 bits per heavy atom. The number of nitrogens with one attached hydrogen (secondary N) is 2. The van der Waals surface area contributed by atoms with Gasteiger partial charge in [-0.1, -0.05) is 19.9 Å². The van der Waals surface area contributed by atoms with Gasteiger partial charge in [0.15, 0.2) is 0 Å². The Morgan fingerprint density at radius 1 is 0.944 bits per heavy atom. The van der Waals surface area contributed by atoms with E-state index in [1.165, 1.54) is 63.6 Å². The molecule has 0 radical (unpaired) electrons. The molecule has 0 aliphatic carbocycles. The van der Waals surface area contributed by atoms with Gasteiger partial charge in [-0.3, -0.25) is 0 Å². The summed E-state index contributed by atoms with van der Waals surface area (Å²) in [4.78, 5) is 2.33. The van der Waals surface area contributed by atoms with Crippen LogP contribution in [-0.4, -0.2) is 42.4 Å². The minimum absolute atomic E-state index is 0.520. The number of hydrogen-bond acceptors (Lipinski definition) is 3. The van der Waals surface area contributed by atoms with Crippen LogP contribution in [0.4, 0.5) is 11.4 Å². The Kier molecular flexibility index (Phi) is 7.40. The molecule has 1 aliphatic heterocycles.